The Morgan fingerprint density at radius 3 is 2.63 bits per heavy atom. The third-order valence-corrected chi connectivity index (χ3v) is 5.61. The van der Waals surface area contributed by atoms with E-state index in [4.69, 9.17) is 4.42 Å². The van der Waals surface area contributed by atoms with Gasteiger partial charge in [0.25, 0.3) is 5.91 Å². The average Bonchev–Trinajstić information content (AvgIpc) is 3.03. The summed E-state index contributed by atoms with van der Waals surface area (Å²) in [6.45, 7) is 7.80. The number of likely N-dealkylation sites (tertiary alicyclic amines) is 1. The largest absolute Gasteiger partial charge is 0.450 e. The van der Waals surface area contributed by atoms with Crippen molar-refractivity contribution in [3.8, 4) is 0 Å². The first-order valence-electron chi connectivity index (χ1n) is 9.60. The van der Waals surface area contributed by atoms with Gasteiger partial charge in [-0.3, -0.25) is 4.79 Å². The second-order valence-electron chi connectivity index (χ2n) is 7.26. The molecule has 2 aromatic carbocycles. The van der Waals surface area contributed by atoms with Crippen LogP contribution in [0.25, 0.3) is 21.7 Å². The first-order valence-corrected chi connectivity index (χ1v) is 9.60. The maximum absolute atomic E-state index is 13.1. The van der Waals surface area contributed by atoms with Gasteiger partial charge in [0.2, 0.25) is 0 Å². The van der Waals surface area contributed by atoms with Crippen LogP contribution in [0.4, 0.5) is 0 Å². The molecule has 5 heteroatoms. The number of carbonyl (C=O) groups is 1. The summed E-state index contributed by atoms with van der Waals surface area (Å²) in [5.41, 5.74) is 1.77. The van der Waals surface area contributed by atoms with Crippen LogP contribution < -0.4 is 5.32 Å². The van der Waals surface area contributed by atoms with Crippen molar-refractivity contribution in [1.82, 2.24) is 10.2 Å². The van der Waals surface area contributed by atoms with Gasteiger partial charge in [-0.05, 0) is 44.2 Å². The Morgan fingerprint density at radius 1 is 1.15 bits per heavy atom. The van der Waals surface area contributed by atoms with Gasteiger partial charge in [0.1, 0.15) is 5.58 Å². The predicted molar refractivity (Wildman–Crippen MR) is 113 cm³/mol. The number of hydrogen-bond donors (Lipinski definition) is 1. The highest BCUT2D eigenvalue weighted by atomic mass is 35.5. The number of amides is 1. The summed E-state index contributed by atoms with van der Waals surface area (Å²) in [6.07, 6.45) is 2.11. The summed E-state index contributed by atoms with van der Waals surface area (Å²) < 4.78 is 6.12. The maximum atomic E-state index is 13.1. The van der Waals surface area contributed by atoms with E-state index in [1.165, 1.54) is 0 Å². The Hall–Kier alpha value is -2.04. The number of piperidine rings is 1. The van der Waals surface area contributed by atoms with Crippen LogP contribution in [0.15, 0.2) is 40.8 Å². The van der Waals surface area contributed by atoms with Crippen LogP contribution in [0.5, 0.6) is 0 Å². The smallest absolute Gasteiger partial charge is 0.289 e. The van der Waals surface area contributed by atoms with Crippen molar-refractivity contribution >= 4 is 40.1 Å². The molecule has 1 N–H and O–H groups in total. The van der Waals surface area contributed by atoms with Crippen molar-refractivity contribution in [3.05, 3.63) is 47.7 Å². The summed E-state index contributed by atoms with van der Waals surface area (Å²) >= 11 is 0. The van der Waals surface area contributed by atoms with E-state index in [0.717, 1.165) is 66.3 Å². The molecule has 1 aliphatic rings. The maximum Gasteiger partial charge on any atom is 0.289 e. The van der Waals surface area contributed by atoms with Crippen LogP contribution in [-0.2, 0) is 0 Å². The second-order valence-corrected chi connectivity index (χ2v) is 7.26. The number of hydrogen-bond acceptors (Lipinski definition) is 3. The van der Waals surface area contributed by atoms with Crippen LogP contribution in [0, 0.1) is 12.8 Å². The second kappa shape index (κ2) is 8.32. The zero-order valence-corrected chi connectivity index (χ0v) is 16.8. The molecule has 0 spiro atoms. The quantitative estimate of drug-likeness (QED) is 0.701. The molecular formula is C22H27ClN2O2. The van der Waals surface area contributed by atoms with Gasteiger partial charge >= 0.3 is 0 Å². The zero-order valence-electron chi connectivity index (χ0n) is 16.0. The van der Waals surface area contributed by atoms with E-state index >= 15 is 0 Å². The van der Waals surface area contributed by atoms with E-state index in [1.54, 1.807) is 0 Å². The summed E-state index contributed by atoms with van der Waals surface area (Å²) in [6, 6.07) is 12.3. The van der Waals surface area contributed by atoms with Gasteiger partial charge in [0.15, 0.2) is 5.76 Å². The number of furan rings is 1. The topological polar surface area (TPSA) is 45.5 Å². The van der Waals surface area contributed by atoms with Crippen molar-refractivity contribution in [1.29, 1.82) is 0 Å². The van der Waals surface area contributed by atoms with E-state index < -0.39 is 0 Å². The molecule has 27 heavy (non-hydrogen) atoms. The Kier molecular flexibility index (Phi) is 6.08. The lowest BCUT2D eigenvalue weighted by molar-refractivity contribution is 0.0659. The van der Waals surface area contributed by atoms with Crippen LogP contribution in [0.1, 0.15) is 35.9 Å². The molecule has 1 aliphatic heterocycles. The SMILES string of the molecule is CCNCC1CCN(C(=O)c2oc3c(ccc4ccccc43)c2C)CC1.Cl. The minimum absolute atomic E-state index is 0. The number of halogens is 1. The lowest BCUT2D eigenvalue weighted by Crippen LogP contribution is -2.40. The lowest BCUT2D eigenvalue weighted by atomic mass is 9.96. The highest BCUT2D eigenvalue weighted by molar-refractivity contribution is 6.08. The molecule has 0 saturated carbocycles. The summed E-state index contributed by atoms with van der Waals surface area (Å²) in [5, 5.41) is 6.65. The average molecular weight is 387 g/mol. The minimum Gasteiger partial charge on any atom is -0.450 e. The third-order valence-electron chi connectivity index (χ3n) is 5.61. The molecule has 144 valence electrons. The Morgan fingerprint density at radius 2 is 1.89 bits per heavy atom. The molecule has 1 fully saturated rings. The number of nitrogens with zero attached hydrogens (tertiary/aromatic N) is 1. The standard InChI is InChI=1S/C22H26N2O2.ClH/c1-3-23-14-16-10-12-24(13-11-16)22(25)20-15(2)18-9-8-17-6-4-5-7-19(17)21(18)26-20;/h4-9,16,23H,3,10-14H2,1-2H3;1H. The fourth-order valence-corrected chi connectivity index (χ4v) is 3.99. The van der Waals surface area contributed by atoms with Crippen LogP contribution >= 0.6 is 12.4 Å². The third kappa shape index (κ3) is 3.69. The molecule has 0 radical (unpaired) electrons. The van der Waals surface area contributed by atoms with Gasteiger partial charge in [-0.15, -0.1) is 12.4 Å². The minimum atomic E-state index is 0. The number of nitrogens with one attached hydrogen (secondary N) is 1. The Bertz CT molecular complexity index is 942. The van der Waals surface area contributed by atoms with Crippen LogP contribution in [-0.4, -0.2) is 37.0 Å². The molecule has 1 saturated heterocycles. The zero-order chi connectivity index (χ0) is 18.1. The molecule has 2 heterocycles. The monoisotopic (exact) mass is 386 g/mol. The molecule has 4 nitrogen and oxygen atoms in total. The van der Waals surface area contributed by atoms with Crippen LogP contribution in [0.3, 0.4) is 0 Å². The van der Waals surface area contributed by atoms with E-state index in [0.29, 0.717) is 11.7 Å². The Labute approximate surface area is 166 Å². The van der Waals surface area contributed by atoms with Crippen molar-refractivity contribution in [3.63, 3.8) is 0 Å². The normalized spacial score (nSPS) is 15.3. The van der Waals surface area contributed by atoms with Crippen molar-refractivity contribution in [2.24, 2.45) is 5.92 Å². The first kappa shape index (κ1) is 19.7. The highest BCUT2D eigenvalue weighted by Crippen LogP contribution is 2.32. The highest BCUT2D eigenvalue weighted by Gasteiger charge is 2.27. The fourth-order valence-electron chi connectivity index (χ4n) is 3.99. The van der Waals surface area contributed by atoms with E-state index in [1.807, 2.05) is 24.0 Å². The predicted octanol–water partition coefficient (Wildman–Crippen LogP) is 4.78. The first-order chi connectivity index (χ1) is 12.7. The number of aryl methyl sites for hydroxylation is 1. The van der Waals surface area contributed by atoms with Gasteiger partial charge in [-0.2, -0.15) is 0 Å². The van der Waals surface area contributed by atoms with Gasteiger partial charge < -0.3 is 14.6 Å². The van der Waals surface area contributed by atoms with Gasteiger partial charge in [0.05, 0.1) is 0 Å². The van der Waals surface area contributed by atoms with Crippen molar-refractivity contribution in [2.75, 3.05) is 26.2 Å². The molecule has 0 unspecified atom stereocenters. The lowest BCUT2D eigenvalue weighted by Gasteiger charge is -2.31. The molecule has 0 aliphatic carbocycles. The molecule has 1 aromatic heterocycles. The summed E-state index contributed by atoms with van der Waals surface area (Å²) in [4.78, 5) is 15.0. The number of fused-ring (bicyclic) bond motifs is 3. The summed E-state index contributed by atoms with van der Waals surface area (Å²) in [5.74, 6) is 1.20. The van der Waals surface area contributed by atoms with E-state index in [2.05, 4.69) is 36.5 Å². The Balaban J connectivity index is 0.00000210. The molecule has 3 aromatic rings. The number of rotatable bonds is 4. The van der Waals surface area contributed by atoms with Crippen molar-refractivity contribution in [2.45, 2.75) is 26.7 Å². The summed E-state index contributed by atoms with van der Waals surface area (Å²) in [7, 11) is 0. The molecule has 1 amide bonds. The number of benzene rings is 2. The fraction of sp³-hybridized carbons (Fsp3) is 0.409. The molecular weight excluding hydrogens is 360 g/mol. The molecule has 0 bridgehead atoms. The molecule has 4 rings (SSSR count). The van der Waals surface area contributed by atoms with Gasteiger partial charge in [0, 0.05) is 29.4 Å². The van der Waals surface area contributed by atoms with Gasteiger partial charge in [-0.1, -0.05) is 43.3 Å². The van der Waals surface area contributed by atoms with E-state index in [9.17, 15) is 4.79 Å². The van der Waals surface area contributed by atoms with Crippen molar-refractivity contribution < 1.29 is 9.21 Å². The molecule has 0 atom stereocenters. The van der Waals surface area contributed by atoms with Crippen LogP contribution in [0.2, 0.25) is 0 Å². The van der Waals surface area contributed by atoms with Gasteiger partial charge in [-0.25, -0.2) is 0 Å². The van der Waals surface area contributed by atoms with E-state index in [-0.39, 0.29) is 18.3 Å². The number of carbonyl (C=O) groups excluding carboxylic acids is 1.